The molecular formula is C20H18N4O2. The number of amides is 2. The Hall–Kier alpha value is -3.41. The number of aromatic amines is 1. The van der Waals surface area contributed by atoms with Crippen molar-refractivity contribution in [3.8, 4) is 11.3 Å². The van der Waals surface area contributed by atoms with E-state index in [9.17, 15) is 9.59 Å². The highest BCUT2D eigenvalue weighted by molar-refractivity contribution is 6.00. The molecular weight excluding hydrogens is 328 g/mol. The van der Waals surface area contributed by atoms with Crippen molar-refractivity contribution < 1.29 is 9.59 Å². The maximum Gasteiger partial charge on any atom is 0.254 e. The van der Waals surface area contributed by atoms with E-state index in [1.807, 2.05) is 48.5 Å². The van der Waals surface area contributed by atoms with Crippen molar-refractivity contribution in [3.63, 3.8) is 0 Å². The number of hydrogen-bond donors (Lipinski definition) is 2. The van der Waals surface area contributed by atoms with Crippen LogP contribution in [0.5, 0.6) is 0 Å². The van der Waals surface area contributed by atoms with Crippen LogP contribution < -0.4 is 5.32 Å². The molecule has 2 amide bonds. The normalized spacial score (nSPS) is 12.9. The number of nitrogens with one attached hydrogen (secondary N) is 2. The summed E-state index contributed by atoms with van der Waals surface area (Å²) in [5.74, 6) is -0.247. The van der Waals surface area contributed by atoms with Crippen LogP contribution in [0.1, 0.15) is 21.5 Å². The zero-order valence-corrected chi connectivity index (χ0v) is 14.1. The molecule has 4 rings (SSSR count). The van der Waals surface area contributed by atoms with Crippen molar-refractivity contribution >= 4 is 11.8 Å². The van der Waals surface area contributed by atoms with Crippen molar-refractivity contribution in [2.75, 3.05) is 6.54 Å². The van der Waals surface area contributed by atoms with Gasteiger partial charge in [-0.2, -0.15) is 5.10 Å². The average molecular weight is 346 g/mol. The van der Waals surface area contributed by atoms with Gasteiger partial charge in [-0.3, -0.25) is 14.7 Å². The molecule has 26 heavy (non-hydrogen) atoms. The van der Waals surface area contributed by atoms with E-state index in [0.29, 0.717) is 18.7 Å². The van der Waals surface area contributed by atoms with E-state index in [1.54, 1.807) is 17.2 Å². The van der Waals surface area contributed by atoms with Gasteiger partial charge in [0, 0.05) is 24.8 Å². The fourth-order valence-electron chi connectivity index (χ4n) is 3.09. The average Bonchev–Trinajstić information content (AvgIpc) is 3.30. The minimum Gasteiger partial charge on any atom is -0.350 e. The van der Waals surface area contributed by atoms with Crippen LogP contribution >= 0.6 is 0 Å². The van der Waals surface area contributed by atoms with Gasteiger partial charge in [-0.1, -0.05) is 42.5 Å². The molecule has 2 heterocycles. The predicted octanol–water partition coefficient (Wildman–Crippen LogP) is 2.35. The molecule has 0 aliphatic carbocycles. The molecule has 2 N–H and O–H groups in total. The number of aromatic nitrogens is 2. The van der Waals surface area contributed by atoms with E-state index < -0.39 is 0 Å². The monoisotopic (exact) mass is 346 g/mol. The summed E-state index contributed by atoms with van der Waals surface area (Å²) in [7, 11) is 0. The first kappa shape index (κ1) is 16.1. The first-order chi connectivity index (χ1) is 12.7. The van der Waals surface area contributed by atoms with Crippen molar-refractivity contribution in [1.29, 1.82) is 0 Å². The first-order valence-electron chi connectivity index (χ1n) is 8.43. The van der Waals surface area contributed by atoms with Crippen LogP contribution in [-0.4, -0.2) is 33.5 Å². The van der Waals surface area contributed by atoms with Crippen LogP contribution in [-0.2, 0) is 17.9 Å². The van der Waals surface area contributed by atoms with Gasteiger partial charge in [0.25, 0.3) is 5.91 Å². The maximum atomic E-state index is 12.3. The van der Waals surface area contributed by atoms with Gasteiger partial charge in [0.2, 0.25) is 5.91 Å². The largest absolute Gasteiger partial charge is 0.350 e. The standard InChI is InChI=1S/C20H18N4O2/c25-19(13-24-12-16-3-1-2-4-17(16)20(24)26)21-11-14-5-7-15(8-6-14)18-9-10-22-23-18/h1-10H,11-13H2,(H,21,25)(H,22,23). The lowest BCUT2D eigenvalue weighted by atomic mass is 10.1. The molecule has 1 aliphatic heterocycles. The summed E-state index contributed by atoms with van der Waals surface area (Å²) in [6.45, 7) is 0.984. The lowest BCUT2D eigenvalue weighted by Gasteiger charge is -2.15. The Kier molecular flexibility index (Phi) is 4.23. The summed E-state index contributed by atoms with van der Waals surface area (Å²) >= 11 is 0. The van der Waals surface area contributed by atoms with Crippen molar-refractivity contribution in [3.05, 3.63) is 77.5 Å². The molecule has 0 radical (unpaired) electrons. The van der Waals surface area contributed by atoms with E-state index in [1.165, 1.54) is 0 Å². The van der Waals surface area contributed by atoms with Crippen LogP contribution in [0.15, 0.2) is 60.8 Å². The predicted molar refractivity (Wildman–Crippen MR) is 97.1 cm³/mol. The number of carbonyl (C=O) groups excluding carboxylic acids is 2. The van der Waals surface area contributed by atoms with Crippen LogP contribution in [0.3, 0.4) is 0 Å². The van der Waals surface area contributed by atoms with Crippen molar-refractivity contribution in [2.24, 2.45) is 0 Å². The minimum atomic E-state index is -0.163. The Labute approximate surface area is 150 Å². The van der Waals surface area contributed by atoms with E-state index in [4.69, 9.17) is 0 Å². The topological polar surface area (TPSA) is 78.1 Å². The summed E-state index contributed by atoms with van der Waals surface area (Å²) in [6.07, 6.45) is 1.71. The van der Waals surface area contributed by atoms with Crippen LogP contribution in [0, 0.1) is 0 Å². The second-order valence-corrected chi connectivity index (χ2v) is 6.26. The summed E-state index contributed by atoms with van der Waals surface area (Å²) in [6, 6.07) is 17.3. The van der Waals surface area contributed by atoms with Gasteiger partial charge in [-0.05, 0) is 28.8 Å². The highest BCUT2D eigenvalue weighted by Crippen LogP contribution is 2.21. The third kappa shape index (κ3) is 3.21. The molecule has 1 aromatic heterocycles. The quantitative estimate of drug-likeness (QED) is 0.744. The smallest absolute Gasteiger partial charge is 0.254 e. The summed E-state index contributed by atoms with van der Waals surface area (Å²) in [5, 5.41) is 9.73. The minimum absolute atomic E-state index is 0.0692. The maximum absolute atomic E-state index is 12.3. The second kappa shape index (κ2) is 6.84. The lowest BCUT2D eigenvalue weighted by Crippen LogP contribution is -2.37. The van der Waals surface area contributed by atoms with Gasteiger partial charge in [0.1, 0.15) is 6.54 Å². The van der Waals surface area contributed by atoms with Gasteiger partial charge < -0.3 is 10.2 Å². The van der Waals surface area contributed by atoms with Crippen LogP contribution in [0.4, 0.5) is 0 Å². The molecule has 6 nitrogen and oxygen atoms in total. The number of carbonyl (C=O) groups is 2. The number of benzene rings is 2. The third-order valence-corrected chi connectivity index (χ3v) is 4.49. The Bertz CT molecular complexity index is 933. The van der Waals surface area contributed by atoms with Gasteiger partial charge in [0.05, 0.1) is 5.69 Å². The number of rotatable bonds is 5. The van der Waals surface area contributed by atoms with Crippen LogP contribution in [0.2, 0.25) is 0 Å². The number of hydrogen-bond acceptors (Lipinski definition) is 3. The van der Waals surface area contributed by atoms with Crippen molar-refractivity contribution in [2.45, 2.75) is 13.1 Å². The molecule has 6 heteroatoms. The molecule has 1 aliphatic rings. The Morgan fingerprint density at radius 1 is 1.12 bits per heavy atom. The third-order valence-electron chi connectivity index (χ3n) is 4.49. The molecule has 130 valence electrons. The van der Waals surface area contributed by atoms with Gasteiger partial charge >= 0.3 is 0 Å². The van der Waals surface area contributed by atoms with Crippen molar-refractivity contribution in [1.82, 2.24) is 20.4 Å². The molecule has 0 atom stereocenters. The molecule has 3 aromatic rings. The molecule has 0 fully saturated rings. The zero-order valence-electron chi connectivity index (χ0n) is 14.1. The molecule has 0 bridgehead atoms. The Balaban J connectivity index is 1.31. The fourth-order valence-corrected chi connectivity index (χ4v) is 3.09. The summed E-state index contributed by atoms with van der Waals surface area (Å²) in [4.78, 5) is 26.1. The summed E-state index contributed by atoms with van der Waals surface area (Å²) in [5.41, 5.74) is 4.65. The second-order valence-electron chi connectivity index (χ2n) is 6.26. The zero-order chi connectivity index (χ0) is 17.9. The fraction of sp³-hybridized carbons (Fsp3) is 0.150. The molecule has 2 aromatic carbocycles. The highest BCUT2D eigenvalue weighted by Gasteiger charge is 2.27. The van der Waals surface area contributed by atoms with Crippen LogP contribution in [0.25, 0.3) is 11.3 Å². The SMILES string of the molecule is O=C(CN1Cc2ccccc2C1=O)NCc1ccc(-c2ccn[nH]2)cc1. The Morgan fingerprint density at radius 3 is 2.65 bits per heavy atom. The van der Waals surface area contributed by atoms with E-state index in [0.717, 1.165) is 22.4 Å². The van der Waals surface area contributed by atoms with E-state index >= 15 is 0 Å². The highest BCUT2D eigenvalue weighted by atomic mass is 16.2. The molecule has 0 unspecified atom stereocenters. The van der Waals surface area contributed by atoms with Gasteiger partial charge in [-0.25, -0.2) is 0 Å². The van der Waals surface area contributed by atoms with Gasteiger partial charge in [-0.15, -0.1) is 0 Å². The summed E-state index contributed by atoms with van der Waals surface area (Å²) < 4.78 is 0. The Morgan fingerprint density at radius 2 is 1.92 bits per heavy atom. The van der Waals surface area contributed by atoms with Gasteiger partial charge in [0.15, 0.2) is 0 Å². The molecule has 0 saturated carbocycles. The number of nitrogens with zero attached hydrogens (tertiary/aromatic N) is 2. The molecule has 0 saturated heterocycles. The number of H-pyrrole nitrogens is 1. The number of fused-ring (bicyclic) bond motifs is 1. The first-order valence-corrected chi connectivity index (χ1v) is 8.43. The van der Waals surface area contributed by atoms with E-state index in [2.05, 4.69) is 15.5 Å². The molecule has 0 spiro atoms. The lowest BCUT2D eigenvalue weighted by molar-refractivity contribution is -0.122. The van der Waals surface area contributed by atoms with E-state index in [-0.39, 0.29) is 18.4 Å².